The maximum absolute atomic E-state index is 12.2. The molecule has 0 fully saturated rings. The minimum Gasteiger partial charge on any atom is -0.478 e. The second-order valence-corrected chi connectivity index (χ2v) is 7.43. The molecule has 0 amide bonds. The first-order valence-corrected chi connectivity index (χ1v) is 10.6. The van der Waals surface area contributed by atoms with Crippen LogP contribution in [0.25, 0.3) is 0 Å². The van der Waals surface area contributed by atoms with Crippen LogP contribution in [0.3, 0.4) is 0 Å². The zero-order valence-corrected chi connectivity index (χ0v) is 18.3. The van der Waals surface area contributed by atoms with E-state index in [-0.39, 0.29) is 48.0 Å². The molecule has 0 heterocycles. The van der Waals surface area contributed by atoms with E-state index in [1.807, 2.05) is 0 Å². The Morgan fingerprint density at radius 2 is 1.21 bits per heavy atom. The summed E-state index contributed by atoms with van der Waals surface area (Å²) in [7, 11) is 0. The van der Waals surface area contributed by atoms with E-state index >= 15 is 0 Å². The molecular formula is C24H26O10. The highest BCUT2D eigenvalue weighted by atomic mass is 17.2. The largest absolute Gasteiger partial charge is 0.478 e. The summed E-state index contributed by atoms with van der Waals surface area (Å²) in [6, 6.07) is 10.6. The summed E-state index contributed by atoms with van der Waals surface area (Å²) in [6.07, 6.45) is 2.33. The number of unbranched alkanes of at least 4 members (excludes halogenated alkanes) is 1. The monoisotopic (exact) mass is 474 g/mol. The minimum atomic E-state index is -1.11. The Morgan fingerprint density at radius 3 is 1.71 bits per heavy atom. The number of rotatable bonds is 14. The molecule has 0 aliphatic carbocycles. The zero-order chi connectivity index (χ0) is 24.9. The van der Waals surface area contributed by atoms with E-state index in [0.717, 1.165) is 0 Å². The van der Waals surface area contributed by atoms with Gasteiger partial charge in [0.05, 0.1) is 35.5 Å². The van der Waals surface area contributed by atoms with Gasteiger partial charge in [-0.1, -0.05) is 6.42 Å². The van der Waals surface area contributed by atoms with Gasteiger partial charge in [-0.2, -0.15) is 4.89 Å². The van der Waals surface area contributed by atoms with Crippen LogP contribution in [-0.4, -0.2) is 59.0 Å². The van der Waals surface area contributed by atoms with Gasteiger partial charge in [0.1, 0.15) is 0 Å². The Balaban J connectivity index is 1.81. The Kier molecular flexibility index (Phi) is 10.7. The highest BCUT2D eigenvalue weighted by Gasteiger charge is 2.16. The quantitative estimate of drug-likeness (QED) is 0.161. The first-order valence-electron chi connectivity index (χ1n) is 10.6. The van der Waals surface area contributed by atoms with Gasteiger partial charge in [-0.15, -0.1) is 0 Å². The predicted molar refractivity (Wildman–Crippen MR) is 117 cm³/mol. The number of carboxylic acid groups (broad SMARTS) is 2. The van der Waals surface area contributed by atoms with Gasteiger partial charge in [0.25, 0.3) is 0 Å². The van der Waals surface area contributed by atoms with Crippen LogP contribution in [0.15, 0.2) is 48.5 Å². The molecule has 0 aliphatic rings. The van der Waals surface area contributed by atoms with Gasteiger partial charge in [-0.25, -0.2) is 19.2 Å². The van der Waals surface area contributed by atoms with Gasteiger partial charge in [0.15, 0.2) is 0 Å². The molecule has 10 nitrogen and oxygen atoms in total. The smallest absolute Gasteiger partial charge is 0.373 e. The lowest BCUT2D eigenvalue weighted by molar-refractivity contribution is -0.249. The number of ether oxygens (including phenoxy) is 1. The molecule has 182 valence electrons. The summed E-state index contributed by atoms with van der Waals surface area (Å²) in [5.41, 5.74) is 0.449. The maximum Gasteiger partial charge on any atom is 0.373 e. The average Bonchev–Trinajstić information content (AvgIpc) is 2.83. The van der Waals surface area contributed by atoms with Gasteiger partial charge in [-0.3, -0.25) is 4.89 Å². The number of carbonyl (C=O) groups is 4. The number of aromatic carboxylic acids is 2. The minimum absolute atomic E-state index is 0.0359. The van der Waals surface area contributed by atoms with Crippen molar-refractivity contribution < 1.29 is 49.0 Å². The SMILES string of the molecule is O=C(O)c1ccc(C(=O)OCCC(CCCCO)COOC(=O)c2ccc(C(=O)O)cc2)cc1. The summed E-state index contributed by atoms with van der Waals surface area (Å²) in [5.74, 6) is -3.70. The van der Waals surface area contributed by atoms with Crippen LogP contribution in [0.2, 0.25) is 0 Å². The van der Waals surface area contributed by atoms with E-state index in [4.69, 9.17) is 29.8 Å². The second-order valence-electron chi connectivity index (χ2n) is 7.43. The first-order chi connectivity index (χ1) is 16.3. The first kappa shape index (κ1) is 26.5. The van der Waals surface area contributed by atoms with Gasteiger partial charge in [0.2, 0.25) is 0 Å². The van der Waals surface area contributed by atoms with Gasteiger partial charge in [0, 0.05) is 6.61 Å². The molecule has 2 aromatic carbocycles. The topological polar surface area (TPSA) is 157 Å². The summed E-state index contributed by atoms with van der Waals surface area (Å²) >= 11 is 0. The number of hydrogen-bond acceptors (Lipinski definition) is 8. The highest BCUT2D eigenvalue weighted by molar-refractivity contribution is 5.93. The molecule has 2 aromatic rings. The van der Waals surface area contributed by atoms with Crippen LogP contribution >= 0.6 is 0 Å². The van der Waals surface area contributed by atoms with Crippen molar-refractivity contribution in [1.82, 2.24) is 0 Å². The molecule has 0 saturated carbocycles. The van der Waals surface area contributed by atoms with Crippen LogP contribution in [0.4, 0.5) is 0 Å². The van der Waals surface area contributed by atoms with E-state index in [1.165, 1.54) is 48.5 Å². The fraction of sp³-hybridized carbons (Fsp3) is 0.333. The predicted octanol–water partition coefficient (Wildman–Crippen LogP) is 3.20. The van der Waals surface area contributed by atoms with Crippen LogP contribution < -0.4 is 0 Å². The third kappa shape index (κ3) is 8.64. The van der Waals surface area contributed by atoms with Gasteiger partial charge in [-0.05, 0) is 73.7 Å². The van der Waals surface area contributed by atoms with Gasteiger partial charge < -0.3 is 20.1 Å². The molecule has 1 unspecified atom stereocenters. The lowest BCUT2D eigenvalue weighted by Crippen LogP contribution is -2.17. The number of carboxylic acids is 2. The molecule has 0 saturated heterocycles. The van der Waals surface area contributed by atoms with Crippen LogP contribution in [0.1, 0.15) is 67.1 Å². The highest BCUT2D eigenvalue weighted by Crippen LogP contribution is 2.16. The summed E-state index contributed by atoms with van der Waals surface area (Å²) in [5, 5.41) is 26.8. The average molecular weight is 474 g/mol. The number of benzene rings is 2. The van der Waals surface area contributed by atoms with E-state index in [1.54, 1.807) is 0 Å². The fourth-order valence-corrected chi connectivity index (χ4v) is 2.99. The molecule has 0 radical (unpaired) electrons. The van der Waals surface area contributed by atoms with Crippen molar-refractivity contribution in [3.8, 4) is 0 Å². The van der Waals surface area contributed by atoms with Crippen molar-refractivity contribution in [3.05, 3.63) is 70.8 Å². The van der Waals surface area contributed by atoms with Crippen LogP contribution in [0, 0.1) is 5.92 Å². The molecular weight excluding hydrogens is 448 g/mol. The number of esters is 1. The molecule has 2 rings (SSSR count). The van der Waals surface area contributed by atoms with Crippen molar-refractivity contribution >= 4 is 23.9 Å². The summed E-state index contributed by atoms with van der Waals surface area (Å²) in [4.78, 5) is 55.9. The molecule has 0 spiro atoms. The van der Waals surface area contributed by atoms with Crippen molar-refractivity contribution in [2.75, 3.05) is 19.8 Å². The van der Waals surface area contributed by atoms with Crippen molar-refractivity contribution in [2.45, 2.75) is 25.7 Å². The summed E-state index contributed by atoms with van der Waals surface area (Å²) in [6.45, 7) is 0.142. The molecule has 0 aromatic heterocycles. The number of aliphatic hydroxyl groups excluding tert-OH is 1. The lowest BCUT2D eigenvalue weighted by atomic mass is 10.00. The Labute approximate surface area is 195 Å². The Hall–Kier alpha value is -3.76. The maximum atomic E-state index is 12.2. The third-order valence-corrected chi connectivity index (χ3v) is 4.95. The molecule has 34 heavy (non-hydrogen) atoms. The van der Waals surface area contributed by atoms with Crippen LogP contribution in [-0.2, 0) is 14.5 Å². The second kappa shape index (κ2) is 13.7. The standard InChI is InChI=1S/C24H26O10/c25-13-2-1-3-16(12-14-32-23(30)19-8-4-17(5-9-19)21(26)27)15-33-34-24(31)20-10-6-18(7-11-20)22(28)29/h4-11,16,25H,1-3,12-15H2,(H,26,27)(H,28,29). The number of aliphatic hydroxyl groups is 1. The number of carbonyl (C=O) groups excluding carboxylic acids is 2. The van der Waals surface area contributed by atoms with E-state index in [2.05, 4.69) is 0 Å². The molecule has 10 heteroatoms. The molecule has 3 N–H and O–H groups in total. The fourth-order valence-electron chi connectivity index (χ4n) is 2.99. The van der Waals surface area contributed by atoms with E-state index < -0.39 is 23.9 Å². The summed E-state index contributed by atoms with van der Waals surface area (Å²) < 4.78 is 5.25. The van der Waals surface area contributed by atoms with Gasteiger partial charge >= 0.3 is 23.9 Å². The lowest BCUT2D eigenvalue weighted by Gasteiger charge is -2.16. The zero-order valence-electron chi connectivity index (χ0n) is 18.3. The Bertz CT molecular complexity index is 891. The molecule has 0 bridgehead atoms. The van der Waals surface area contributed by atoms with Crippen molar-refractivity contribution in [3.63, 3.8) is 0 Å². The Morgan fingerprint density at radius 1 is 0.706 bits per heavy atom. The normalized spacial score (nSPS) is 11.4. The molecule has 1 atom stereocenters. The molecule has 0 aliphatic heterocycles. The van der Waals surface area contributed by atoms with Crippen molar-refractivity contribution in [2.24, 2.45) is 5.92 Å². The van der Waals surface area contributed by atoms with Crippen molar-refractivity contribution in [1.29, 1.82) is 0 Å². The van der Waals surface area contributed by atoms with E-state index in [9.17, 15) is 19.2 Å². The number of hydrogen-bond donors (Lipinski definition) is 3. The third-order valence-electron chi connectivity index (χ3n) is 4.95. The van der Waals surface area contributed by atoms with E-state index in [0.29, 0.717) is 25.7 Å². The van der Waals surface area contributed by atoms with Crippen LogP contribution in [0.5, 0.6) is 0 Å².